The summed E-state index contributed by atoms with van der Waals surface area (Å²) in [5.74, 6) is 0. The third-order valence-electron chi connectivity index (χ3n) is 2.39. The van der Waals surface area contributed by atoms with Crippen LogP contribution >= 0.6 is 0 Å². The van der Waals surface area contributed by atoms with E-state index in [4.69, 9.17) is 9.68 Å². The lowest BCUT2D eigenvalue weighted by Gasteiger charge is -2.04. The van der Waals surface area contributed by atoms with Gasteiger partial charge in [-0.05, 0) is 18.2 Å². The van der Waals surface area contributed by atoms with E-state index in [9.17, 15) is 10.1 Å². The number of hydrogen-bond donors (Lipinski definition) is 1. The fourth-order valence-electron chi connectivity index (χ4n) is 1.48. The molecule has 2 rings (SSSR count). The second-order valence-corrected chi connectivity index (χ2v) is 3.59. The number of nitrogens with zero attached hydrogens (tertiary/aromatic N) is 2. The van der Waals surface area contributed by atoms with E-state index in [-0.39, 0.29) is 11.3 Å². The Morgan fingerprint density at radius 3 is 2.89 bits per heavy atom. The molecular formula is C12H9N3O3. The summed E-state index contributed by atoms with van der Waals surface area (Å²) in [7, 11) is 0. The number of nitro benzene ring substituents is 1. The highest BCUT2D eigenvalue weighted by atomic mass is 16.6. The summed E-state index contributed by atoms with van der Waals surface area (Å²) < 4.78 is 4.91. The normalized spacial score (nSPS) is 9.72. The number of hydrogen-bond acceptors (Lipinski definition) is 5. The summed E-state index contributed by atoms with van der Waals surface area (Å²) in [6.45, 7) is 0.500. The van der Waals surface area contributed by atoms with E-state index in [1.165, 1.54) is 12.1 Å². The van der Waals surface area contributed by atoms with E-state index in [1.54, 1.807) is 30.7 Å². The van der Waals surface area contributed by atoms with Gasteiger partial charge < -0.3 is 9.73 Å². The first-order valence-electron chi connectivity index (χ1n) is 5.14. The molecule has 6 heteroatoms. The number of nitro groups is 1. The van der Waals surface area contributed by atoms with Crippen molar-refractivity contribution in [2.24, 2.45) is 0 Å². The first kappa shape index (κ1) is 11.7. The van der Waals surface area contributed by atoms with E-state index in [0.717, 1.165) is 5.56 Å². The molecule has 0 unspecified atom stereocenters. The molecule has 1 N–H and O–H groups in total. The van der Waals surface area contributed by atoms with Crippen molar-refractivity contribution in [2.45, 2.75) is 6.54 Å². The molecule has 0 spiro atoms. The summed E-state index contributed by atoms with van der Waals surface area (Å²) in [6.07, 6.45) is 3.14. The highest BCUT2D eigenvalue weighted by Crippen LogP contribution is 2.22. The SMILES string of the molecule is N#Cc1ccc(NCc2ccoc2)cc1[N+](=O)[O-]. The van der Waals surface area contributed by atoms with Gasteiger partial charge in [0, 0.05) is 23.9 Å². The lowest BCUT2D eigenvalue weighted by molar-refractivity contribution is -0.385. The Hall–Kier alpha value is -2.81. The van der Waals surface area contributed by atoms with Gasteiger partial charge in [0.05, 0.1) is 17.4 Å². The molecule has 0 aliphatic heterocycles. The van der Waals surface area contributed by atoms with Crippen LogP contribution in [0.3, 0.4) is 0 Å². The van der Waals surface area contributed by atoms with Gasteiger partial charge in [-0.3, -0.25) is 10.1 Å². The maximum Gasteiger partial charge on any atom is 0.289 e. The van der Waals surface area contributed by atoms with Crippen molar-refractivity contribution in [2.75, 3.05) is 5.32 Å². The lowest BCUT2D eigenvalue weighted by atomic mass is 10.1. The van der Waals surface area contributed by atoms with Gasteiger partial charge >= 0.3 is 0 Å². The Balaban J connectivity index is 2.17. The van der Waals surface area contributed by atoms with Crippen molar-refractivity contribution in [3.63, 3.8) is 0 Å². The van der Waals surface area contributed by atoms with E-state index in [2.05, 4.69) is 5.32 Å². The van der Waals surface area contributed by atoms with E-state index in [1.807, 2.05) is 0 Å². The predicted octanol–water partition coefficient (Wildman–Crippen LogP) is 2.67. The average molecular weight is 243 g/mol. The topological polar surface area (TPSA) is 92.1 Å². The number of benzene rings is 1. The molecule has 1 aromatic carbocycles. The van der Waals surface area contributed by atoms with Gasteiger partial charge in [0.15, 0.2) is 0 Å². The molecule has 1 aromatic heterocycles. The number of furan rings is 1. The summed E-state index contributed by atoms with van der Waals surface area (Å²) >= 11 is 0. The molecule has 0 aliphatic carbocycles. The highest BCUT2D eigenvalue weighted by molar-refractivity contribution is 5.59. The standard InChI is InChI=1S/C12H9N3O3/c13-6-10-1-2-11(5-12(10)15(16)17)14-7-9-3-4-18-8-9/h1-5,8,14H,7H2. The Morgan fingerprint density at radius 2 is 2.28 bits per heavy atom. The molecule has 0 bridgehead atoms. The summed E-state index contributed by atoms with van der Waals surface area (Å²) in [4.78, 5) is 10.2. The quantitative estimate of drug-likeness (QED) is 0.658. The molecule has 0 fully saturated rings. The van der Waals surface area contributed by atoms with Gasteiger partial charge in [0.25, 0.3) is 5.69 Å². The molecule has 90 valence electrons. The predicted molar refractivity (Wildman–Crippen MR) is 63.8 cm³/mol. The van der Waals surface area contributed by atoms with E-state index in [0.29, 0.717) is 12.2 Å². The average Bonchev–Trinajstić information content (AvgIpc) is 2.89. The second-order valence-electron chi connectivity index (χ2n) is 3.59. The molecule has 2 aromatic rings. The van der Waals surface area contributed by atoms with Gasteiger partial charge in [0.2, 0.25) is 0 Å². The number of nitriles is 1. The molecule has 18 heavy (non-hydrogen) atoms. The zero-order valence-corrected chi connectivity index (χ0v) is 9.29. The van der Waals surface area contributed by atoms with Gasteiger partial charge in [0.1, 0.15) is 11.6 Å². The van der Waals surface area contributed by atoms with Gasteiger partial charge in [-0.15, -0.1) is 0 Å². The Bertz CT molecular complexity index is 600. The van der Waals surface area contributed by atoms with Crippen molar-refractivity contribution < 1.29 is 9.34 Å². The van der Waals surface area contributed by atoms with E-state index < -0.39 is 4.92 Å². The molecule has 0 atom stereocenters. The van der Waals surface area contributed by atoms with Crippen molar-refractivity contribution in [1.82, 2.24) is 0 Å². The van der Waals surface area contributed by atoms with Crippen LogP contribution in [0.4, 0.5) is 11.4 Å². The Labute approximate surface area is 103 Å². The summed E-state index contributed by atoms with van der Waals surface area (Å²) in [6, 6.07) is 7.99. The third kappa shape index (κ3) is 2.47. The van der Waals surface area contributed by atoms with Crippen LogP contribution in [0.15, 0.2) is 41.2 Å². The molecule has 0 amide bonds. The maximum absolute atomic E-state index is 10.8. The van der Waals surface area contributed by atoms with Gasteiger partial charge in [-0.25, -0.2) is 0 Å². The van der Waals surface area contributed by atoms with Crippen LogP contribution in [0.25, 0.3) is 0 Å². The van der Waals surface area contributed by atoms with Crippen LogP contribution < -0.4 is 5.32 Å². The Kier molecular flexibility index (Phi) is 3.25. The van der Waals surface area contributed by atoms with Crippen molar-refractivity contribution in [3.8, 4) is 6.07 Å². The minimum absolute atomic E-state index is 0.0499. The number of anilines is 1. The largest absolute Gasteiger partial charge is 0.472 e. The maximum atomic E-state index is 10.8. The highest BCUT2D eigenvalue weighted by Gasteiger charge is 2.13. The van der Waals surface area contributed by atoms with Crippen molar-refractivity contribution >= 4 is 11.4 Å². The molecule has 0 saturated heterocycles. The number of nitrogens with one attached hydrogen (secondary N) is 1. The molecule has 0 radical (unpaired) electrons. The van der Waals surface area contributed by atoms with Crippen LogP contribution in [0.1, 0.15) is 11.1 Å². The fourth-order valence-corrected chi connectivity index (χ4v) is 1.48. The molecule has 1 heterocycles. The third-order valence-corrected chi connectivity index (χ3v) is 2.39. The minimum atomic E-state index is -0.568. The van der Waals surface area contributed by atoms with Crippen LogP contribution in [0.5, 0.6) is 0 Å². The zero-order chi connectivity index (χ0) is 13.0. The van der Waals surface area contributed by atoms with Gasteiger partial charge in [-0.1, -0.05) is 0 Å². The molecule has 6 nitrogen and oxygen atoms in total. The van der Waals surface area contributed by atoms with Crippen molar-refractivity contribution in [3.05, 3.63) is 58.0 Å². The molecule has 0 saturated carbocycles. The van der Waals surface area contributed by atoms with Crippen LogP contribution in [0, 0.1) is 21.4 Å². The first-order chi connectivity index (χ1) is 8.70. The van der Waals surface area contributed by atoms with Crippen LogP contribution in [-0.2, 0) is 6.54 Å². The molecular weight excluding hydrogens is 234 g/mol. The van der Waals surface area contributed by atoms with E-state index >= 15 is 0 Å². The second kappa shape index (κ2) is 5.01. The van der Waals surface area contributed by atoms with Crippen LogP contribution in [0.2, 0.25) is 0 Å². The summed E-state index contributed by atoms with van der Waals surface area (Å²) in [5, 5.41) is 22.5. The lowest BCUT2D eigenvalue weighted by Crippen LogP contribution is -2.00. The minimum Gasteiger partial charge on any atom is -0.472 e. The molecule has 0 aliphatic rings. The Morgan fingerprint density at radius 1 is 1.44 bits per heavy atom. The van der Waals surface area contributed by atoms with Crippen LogP contribution in [-0.4, -0.2) is 4.92 Å². The zero-order valence-electron chi connectivity index (χ0n) is 9.29. The first-order valence-corrected chi connectivity index (χ1v) is 5.14. The fraction of sp³-hybridized carbons (Fsp3) is 0.0833. The van der Waals surface area contributed by atoms with Gasteiger partial charge in [-0.2, -0.15) is 5.26 Å². The number of rotatable bonds is 4. The monoisotopic (exact) mass is 243 g/mol. The smallest absolute Gasteiger partial charge is 0.289 e. The summed E-state index contributed by atoms with van der Waals surface area (Å²) in [5.41, 5.74) is 1.37. The van der Waals surface area contributed by atoms with Crippen molar-refractivity contribution in [1.29, 1.82) is 5.26 Å².